The van der Waals surface area contributed by atoms with Gasteiger partial charge in [-0.25, -0.2) is 9.13 Å². The predicted octanol–water partition coefficient (Wildman–Crippen LogP) is 26.3. The van der Waals surface area contributed by atoms with Gasteiger partial charge in [-0.05, 0) is 49.4 Å². The number of rotatable bonds is 84. The normalized spacial score (nSPS) is 14.4. The number of aliphatic hydroxyl groups is 1. The van der Waals surface area contributed by atoms with Crippen LogP contribution in [0.3, 0.4) is 0 Å². The number of phosphoric acid groups is 2. The first kappa shape index (κ1) is 104. The van der Waals surface area contributed by atoms with Crippen LogP contribution in [0.25, 0.3) is 0 Å². The second-order valence-corrected chi connectivity index (χ2v) is 35.6. The van der Waals surface area contributed by atoms with E-state index in [-0.39, 0.29) is 25.7 Å². The molecule has 0 bridgehead atoms. The van der Waals surface area contributed by atoms with Crippen LogP contribution in [0.1, 0.15) is 453 Å². The summed E-state index contributed by atoms with van der Waals surface area (Å²) in [5, 5.41) is 10.7. The van der Waals surface area contributed by atoms with Gasteiger partial charge in [0, 0.05) is 25.7 Å². The van der Waals surface area contributed by atoms with Crippen LogP contribution in [0.5, 0.6) is 0 Å². The van der Waals surface area contributed by atoms with E-state index in [0.717, 1.165) is 114 Å². The van der Waals surface area contributed by atoms with Gasteiger partial charge < -0.3 is 33.8 Å². The molecule has 0 fully saturated rings. The van der Waals surface area contributed by atoms with E-state index in [0.29, 0.717) is 31.6 Å². The van der Waals surface area contributed by atoms with Gasteiger partial charge in [-0.3, -0.25) is 37.3 Å². The number of ether oxygens (including phenoxy) is 4. The number of aliphatic hydroxyl groups excluding tert-OH is 1. The van der Waals surface area contributed by atoms with Gasteiger partial charge in [0.1, 0.15) is 19.3 Å². The molecule has 19 heteroatoms. The summed E-state index contributed by atoms with van der Waals surface area (Å²) < 4.78 is 68.8. The van der Waals surface area contributed by atoms with Crippen molar-refractivity contribution in [3.63, 3.8) is 0 Å². The Hall–Kier alpha value is -1.94. The van der Waals surface area contributed by atoms with E-state index in [9.17, 15) is 43.2 Å². The molecule has 0 aliphatic rings. The van der Waals surface area contributed by atoms with Crippen molar-refractivity contribution in [2.24, 2.45) is 23.7 Å². The number of unbranched alkanes of at least 4 members (excludes halogenated alkanes) is 48. The van der Waals surface area contributed by atoms with Gasteiger partial charge in [0.25, 0.3) is 0 Å². The molecule has 0 rings (SSSR count). The molecular formula is C87H170O17P2. The standard InChI is InChI=1S/C87H170O17P2/c1-9-79(7)65-57-49-40-34-28-24-20-16-12-14-17-21-25-29-36-42-51-59-67-84(89)97-73-82(103-87(92)70-62-54-44-38-32-31-35-41-50-58-66-80(8)10-2)75-101-105(93,94)99-71-81(88)72-100-106(95,96)102-76-83(74-98-85(90)68-60-52-46-45-48-56-64-78(5)6)104-86(91)69-61-53-43-37-30-26-22-18-13-11-15-19-23-27-33-39-47-55-63-77(3)4/h77-83,88H,9-76H2,1-8H3,(H,93,94)(H,95,96)/t79?,80?,81?,82-,83-/m1/s1. The second kappa shape index (κ2) is 75.7. The Kier molecular flexibility index (Phi) is 74.3. The first-order valence-corrected chi connectivity index (χ1v) is 47.8. The summed E-state index contributed by atoms with van der Waals surface area (Å²) in [6.07, 6.45) is 65.5. The monoisotopic (exact) mass is 1550 g/mol. The summed E-state index contributed by atoms with van der Waals surface area (Å²) in [6, 6.07) is 0. The van der Waals surface area contributed by atoms with Crippen molar-refractivity contribution in [2.75, 3.05) is 39.6 Å². The van der Waals surface area contributed by atoms with Crippen LogP contribution in [-0.2, 0) is 65.4 Å². The number of carbonyl (C=O) groups excluding carboxylic acids is 4. The minimum Gasteiger partial charge on any atom is -0.462 e. The molecule has 0 radical (unpaired) electrons. The second-order valence-electron chi connectivity index (χ2n) is 32.7. The summed E-state index contributed by atoms with van der Waals surface area (Å²) in [6.45, 7) is 14.3. The van der Waals surface area contributed by atoms with Crippen LogP contribution >= 0.6 is 15.6 Å². The molecule has 0 aromatic carbocycles. The molecule has 0 aliphatic heterocycles. The third-order valence-corrected chi connectivity index (χ3v) is 22.9. The Labute approximate surface area is 651 Å². The van der Waals surface area contributed by atoms with Gasteiger partial charge in [0.05, 0.1) is 26.4 Å². The predicted molar refractivity (Wildman–Crippen MR) is 437 cm³/mol. The minimum atomic E-state index is -4.97. The molecular weight excluding hydrogens is 1380 g/mol. The Morgan fingerprint density at radius 1 is 0.264 bits per heavy atom. The van der Waals surface area contributed by atoms with Crippen molar-refractivity contribution in [1.29, 1.82) is 0 Å². The van der Waals surface area contributed by atoms with E-state index in [1.54, 1.807) is 0 Å². The summed E-state index contributed by atoms with van der Waals surface area (Å²) in [5.74, 6) is 1.07. The molecule has 0 aliphatic carbocycles. The Balaban J connectivity index is 5.15. The summed E-state index contributed by atoms with van der Waals surface area (Å²) in [4.78, 5) is 73.2. The SMILES string of the molecule is CCC(C)CCCCCCCCCCCCCCCCCCCCC(=O)OC[C@H](COP(=O)(O)OCC(O)COP(=O)(O)OC[C@@H](COC(=O)CCCCCCCCC(C)C)OC(=O)CCCCCCCCCCCCCCCCCCCCC(C)C)OC(=O)CCCCCCCCCCCCC(C)CC. The van der Waals surface area contributed by atoms with E-state index in [1.807, 2.05) is 0 Å². The van der Waals surface area contributed by atoms with E-state index in [2.05, 4.69) is 55.4 Å². The summed E-state index contributed by atoms with van der Waals surface area (Å²) in [7, 11) is -9.93. The minimum absolute atomic E-state index is 0.106. The van der Waals surface area contributed by atoms with Gasteiger partial charge >= 0.3 is 39.5 Å². The van der Waals surface area contributed by atoms with Crippen molar-refractivity contribution < 1.29 is 80.2 Å². The van der Waals surface area contributed by atoms with Gasteiger partial charge in [-0.1, -0.05) is 402 Å². The van der Waals surface area contributed by atoms with Crippen LogP contribution in [-0.4, -0.2) is 96.7 Å². The number of esters is 4. The molecule has 0 saturated heterocycles. The molecule has 7 atom stereocenters. The molecule has 3 N–H and O–H groups in total. The van der Waals surface area contributed by atoms with Crippen LogP contribution in [0.4, 0.5) is 0 Å². The Morgan fingerprint density at radius 2 is 0.453 bits per heavy atom. The maximum atomic E-state index is 13.1. The highest BCUT2D eigenvalue weighted by atomic mass is 31.2. The van der Waals surface area contributed by atoms with E-state index in [4.69, 9.17) is 37.0 Å². The lowest BCUT2D eigenvalue weighted by molar-refractivity contribution is -0.161. The third kappa shape index (κ3) is 77.4. The van der Waals surface area contributed by atoms with Crippen molar-refractivity contribution in [2.45, 2.75) is 472 Å². The number of hydrogen-bond donors (Lipinski definition) is 3. The van der Waals surface area contributed by atoms with Crippen molar-refractivity contribution in [3.8, 4) is 0 Å². The highest BCUT2D eigenvalue weighted by Crippen LogP contribution is 2.45. The average Bonchev–Trinajstić information content (AvgIpc) is 0.903. The van der Waals surface area contributed by atoms with Gasteiger partial charge in [-0.15, -0.1) is 0 Å². The maximum absolute atomic E-state index is 13.1. The smallest absolute Gasteiger partial charge is 0.462 e. The fourth-order valence-electron chi connectivity index (χ4n) is 13.4. The van der Waals surface area contributed by atoms with Gasteiger partial charge in [-0.2, -0.15) is 0 Å². The molecule has 0 amide bonds. The van der Waals surface area contributed by atoms with Crippen molar-refractivity contribution >= 4 is 39.5 Å². The quantitative estimate of drug-likeness (QED) is 0.0222. The zero-order chi connectivity index (χ0) is 78.1. The maximum Gasteiger partial charge on any atom is 0.472 e. The van der Waals surface area contributed by atoms with Crippen molar-refractivity contribution in [1.82, 2.24) is 0 Å². The van der Waals surface area contributed by atoms with Gasteiger partial charge in [0.15, 0.2) is 12.2 Å². The van der Waals surface area contributed by atoms with Gasteiger partial charge in [0.2, 0.25) is 0 Å². The number of carbonyl (C=O) groups is 4. The van der Waals surface area contributed by atoms with E-state index >= 15 is 0 Å². The average molecular weight is 1550 g/mol. The fourth-order valence-corrected chi connectivity index (χ4v) is 15.0. The number of hydrogen-bond acceptors (Lipinski definition) is 15. The zero-order valence-electron chi connectivity index (χ0n) is 70.1. The largest absolute Gasteiger partial charge is 0.472 e. The lowest BCUT2D eigenvalue weighted by Crippen LogP contribution is -2.30. The first-order valence-electron chi connectivity index (χ1n) is 44.8. The lowest BCUT2D eigenvalue weighted by Gasteiger charge is -2.21. The van der Waals surface area contributed by atoms with Crippen LogP contribution in [0, 0.1) is 23.7 Å². The number of phosphoric ester groups is 2. The van der Waals surface area contributed by atoms with Crippen LogP contribution < -0.4 is 0 Å². The molecule has 17 nitrogen and oxygen atoms in total. The molecule has 106 heavy (non-hydrogen) atoms. The van der Waals surface area contributed by atoms with Crippen molar-refractivity contribution in [3.05, 3.63) is 0 Å². The van der Waals surface area contributed by atoms with Crippen LogP contribution in [0.15, 0.2) is 0 Å². The molecule has 0 aromatic rings. The molecule has 0 aromatic heterocycles. The molecule has 630 valence electrons. The molecule has 0 spiro atoms. The third-order valence-electron chi connectivity index (χ3n) is 21.0. The Bertz CT molecular complexity index is 2060. The molecule has 0 heterocycles. The Morgan fingerprint density at radius 3 is 0.670 bits per heavy atom. The van der Waals surface area contributed by atoms with E-state index in [1.165, 1.54) is 250 Å². The first-order chi connectivity index (χ1) is 51.2. The molecule has 0 saturated carbocycles. The summed E-state index contributed by atoms with van der Waals surface area (Å²) in [5.41, 5.74) is 0. The highest BCUT2D eigenvalue weighted by Gasteiger charge is 2.31. The highest BCUT2D eigenvalue weighted by molar-refractivity contribution is 7.47. The summed E-state index contributed by atoms with van der Waals surface area (Å²) >= 11 is 0. The molecule has 5 unspecified atom stereocenters. The zero-order valence-corrected chi connectivity index (χ0v) is 71.9. The topological polar surface area (TPSA) is 237 Å². The van der Waals surface area contributed by atoms with Crippen LogP contribution in [0.2, 0.25) is 0 Å². The van der Waals surface area contributed by atoms with E-state index < -0.39 is 97.5 Å². The lowest BCUT2D eigenvalue weighted by atomic mass is 9.99. The fraction of sp³-hybridized carbons (Fsp3) is 0.954.